The van der Waals surface area contributed by atoms with Gasteiger partial charge in [-0.1, -0.05) is 81.1 Å². The number of amides is 8. The first-order valence-corrected chi connectivity index (χ1v) is 24.0. The number of carbonyl (C=O) groups is 8. The molecule has 20 nitrogen and oxygen atoms in total. The van der Waals surface area contributed by atoms with E-state index in [9.17, 15) is 38.4 Å². The van der Waals surface area contributed by atoms with Crippen LogP contribution < -0.4 is 65.9 Å². The molecule has 65 heavy (non-hydrogen) atoms. The molecule has 0 aromatic rings. The molecule has 0 fully saturated rings. The number of hydrogen-bond donors (Lipinski definition) is 12. The van der Waals surface area contributed by atoms with Crippen LogP contribution in [0, 0.1) is 23.7 Å². The van der Waals surface area contributed by atoms with Crippen LogP contribution >= 0.6 is 0 Å². The molecule has 0 unspecified atom stereocenters. The minimum atomic E-state index is -1.16. The lowest BCUT2D eigenvalue weighted by Crippen LogP contribution is -2.61. The molecule has 0 aromatic heterocycles. The Morgan fingerprint density at radius 1 is 0.385 bits per heavy atom. The second-order valence-corrected chi connectivity index (χ2v) is 17.7. The molecule has 20 heteroatoms. The van der Waals surface area contributed by atoms with Gasteiger partial charge in [0.05, 0.1) is 6.04 Å². The molecular formula is C45H88N12O8. The molecule has 0 saturated heterocycles. The lowest BCUT2D eigenvalue weighted by atomic mass is 9.95. The van der Waals surface area contributed by atoms with E-state index >= 15 is 0 Å². The lowest BCUT2D eigenvalue weighted by Gasteiger charge is -2.31. The van der Waals surface area contributed by atoms with Gasteiger partial charge in [-0.05, 0) is 108 Å². The Bertz CT molecular complexity index is 1490. The minimum Gasteiger partial charge on any atom is -0.368 e. The van der Waals surface area contributed by atoms with Crippen LogP contribution in [0.4, 0.5) is 0 Å². The summed E-state index contributed by atoms with van der Waals surface area (Å²) in [4.78, 5) is 108. The summed E-state index contributed by atoms with van der Waals surface area (Å²) in [6, 6.07) is -8.37. The summed E-state index contributed by atoms with van der Waals surface area (Å²) < 4.78 is 0. The molecule has 0 aromatic carbocycles. The van der Waals surface area contributed by atoms with Gasteiger partial charge in [0.15, 0.2) is 0 Å². The molecule has 0 heterocycles. The van der Waals surface area contributed by atoms with E-state index in [1.165, 1.54) is 6.92 Å². The molecule has 0 aliphatic carbocycles. The number of nitrogens with two attached hydrogens (primary N) is 5. The molecule has 0 aliphatic rings. The second-order valence-electron chi connectivity index (χ2n) is 17.7. The number of nitrogens with one attached hydrogen (secondary N) is 7. The maximum absolute atomic E-state index is 14.1. The SMILES string of the molecule is CC[C@H](C)[C@H](N)C(=O)N[C@@H](CCCCN)C(=O)N[C@H](C(=O)N[C@@H](CCCCN)C(=O)N[C@H](C(=O)N[C@@H](C)C(=O)N[C@H](C(=O)N[C@@H](CCCCN)C(N)=O)[C@@H](C)CC)[C@@H](C)CC)[C@@H](C)CC. The largest absolute Gasteiger partial charge is 0.368 e. The van der Waals surface area contributed by atoms with Gasteiger partial charge in [0, 0.05) is 0 Å². The Morgan fingerprint density at radius 2 is 0.692 bits per heavy atom. The topological polar surface area (TPSA) is 351 Å². The Hall–Kier alpha value is -4.40. The number of hydrogen-bond acceptors (Lipinski definition) is 12. The monoisotopic (exact) mass is 925 g/mol. The van der Waals surface area contributed by atoms with Crippen LogP contribution in [-0.4, -0.2) is 115 Å². The molecule has 17 N–H and O–H groups in total. The summed E-state index contributed by atoms with van der Waals surface area (Å²) in [6.07, 6.45) is 6.17. The Kier molecular flexibility index (Phi) is 30.9. The van der Waals surface area contributed by atoms with Gasteiger partial charge in [-0.15, -0.1) is 0 Å². The maximum Gasteiger partial charge on any atom is 0.243 e. The lowest BCUT2D eigenvalue weighted by molar-refractivity contribution is -0.137. The van der Waals surface area contributed by atoms with Crippen molar-refractivity contribution < 1.29 is 38.4 Å². The van der Waals surface area contributed by atoms with Crippen LogP contribution in [0.25, 0.3) is 0 Å². The maximum atomic E-state index is 14.1. The van der Waals surface area contributed by atoms with Crippen molar-refractivity contribution in [1.82, 2.24) is 37.2 Å². The van der Waals surface area contributed by atoms with Crippen molar-refractivity contribution in [2.75, 3.05) is 19.6 Å². The van der Waals surface area contributed by atoms with Crippen molar-refractivity contribution in [2.45, 2.75) is 194 Å². The third-order valence-corrected chi connectivity index (χ3v) is 12.5. The van der Waals surface area contributed by atoms with E-state index in [0.717, 1.165) is 0 Å². The number of primary amides is 1. The smallest absolute Gasteiger partial charge is 0.243 e. The molecular weight excluding hydrogens is 837 g/mol. The van der Waals surface area contributed by atoms with Crippen LogP contribution in [0.15, 0.2) is 0 Å². The van der Waals surface area contributed by atoms with Gasteiger partial charge in [0.25, 0.3) is 0 Å². The standard InChI is InChI=1S/C45H88N12O8/c1-10-26(5)34(49)42(62)53-32(21-15-18-24-47)40(60)57-37(29(8)13-4)45(65)54-33(22-16-19-25-48)41(61)56-35(27(6)11-2)43(63)51-30(9)39(59)55-36(28(7)12-3)44(64)52-31(38(50)58)20-14-17-23-46/h26-37H,10-25,46-49H2,1-9H3,(H2,50,58)(H,51,63)(H,52,64)(H,53,62)(H,54,65)(H,55,59)(H,56,61)(H,57,60)/t26-,27-,28-,29-,30-,31-,32-,33-,34-,35-,36-,37-/m0/s1. The van der Waals surface area contributed by atoms with Crippen molar-refractivity contribution >= 4 is 47.3 Å². The third kappa shape index (κ3) is 22.1. The van der Waals surface area contributed by atoms with E-state index in [0.29, 0.717) is 83.8 Å². The molecule has 12 atom stereocenters. The predicted molar refractivity (Wildman–Crippen MR) is 253 cm³/mol. The second kappa shape index (κ2) is 33.1. The minimum absolute atomic E-state index is 0.133. The normalized spacial score (nSPS) is 16.9. The summed E-state index contributed by atoms with van der Waals surface area (Å²) in [7, 11) is 0. The van der Waals surface area contributed by atoms with Gasteiger partial charge in [-0.25, -0.2) is 0 Å². The zero-order chi connectivity index (χ0) is 49.8. The molecule has 376 valence electrons. The van der Waals surface area contributed by atoms with Gasteiger partial charge in [-0.3, -0.25) is 38.4 Å². The molecule has 0 radical (unpaired) electrons. The van der Waals surface area contributed by atoms with Crippen molar-refractivity contribution in [3.05, 3.63) is 0 Å². The molecule has 0 bridgehead atoms. The van der Waals surface area contributed by atoms with Crippen molar-refractivity contribution in [3.63, 3.8) is 0 Å². The first kappa shape index (κ1) is 60.6. The highest BCUT2D eigenvalue weighted by Gasteiger charge is 2.36. The quantitative estimate of drug-likeness (QED) is 0.0368. The van der Waals surface area contributed by atoms with Crippen LogP contribution in [0.2, 0.25) is 0 Å². The van der Waals surface area contributed by atoms with E-state index in [2.05, 4.69) is 37.2 Å². The van der Waals surface area contributed by atoms with Gasteiger partial charge in [-0.2, -0.15) is 0 Å². The zero-order valence-corrected chi connectivity index (χ0v) is 40.9. The summed E-state index contributed by atoms with van der Waals surface area (Å²) >= 11 is 0. The van der Waals surface area contributed by atoms with Crippen molar-refractivity contribution in [1.29, 1.82) is 0 Å². The van der Waals surface area contributed by atoms with Gasteiger partial charge < -0.3 is 65.9 Å². The summed E-state index contributed by atoms with van der Waals surface area (Å²) in [5, 5.41) is 19.2. The van der Waals surface area contributed by atoms with Gasteiger partial charge in [0.1, 0.15) is 42.3 Å². The zero-order valence-electron chi connectivity index (χ0n) is 40.9. The van der Waals surface area contributed by atoms with Crippen LogP contribution in [0.3, 0.4) is 0 Å². The van der Waals surface area contributed by atoms with Crippen molar-refractivity contribution in [3.8, 4) is 0 Å². The number of carbonyl (C=O) groups excluding carboxylic acids is 8. The number of rotatable bonds is 35. The first-order valence-electron chi connectivity index (χ1n) is 24.0. The molecule has 0 spiro atoms. The molecule has 0 aliphatic heterocycles. The third-order valence-electron chi connectivity index (χ3n) is 12.5. The highest BCUT2D eigenvalue weighted by molar-refractivity contribution is 5.97. The summed E-state index contributed by atoms with van der Waals surface area (Å²) in [6.45, 7) is 17.2. The van der Waals surface area contributed by atoms with E-state index in [-0.39, 0.29) is 31.1 Å². The van der Waals surface area contributed by atoms with Crippen LogP contribution in [0.5, 0.6) is 0 Å². The van der Waals surface area contributed by atoms with Crippen LogP contribution in [0.1, 0.15) is 146 Å². The molecule has 8 amide bonds. The number of unbranched alkanes of at least 4 members (excludes halogenated alkanes) is 3. The van der Waals surface area contributed by atoms with Crippen molar-refractivity contribution in [2.24, 2.45) is 52.3 Å². The first-order chi connectivity index (χ1) is 30.7. The average molecular weight is 925 g/mol. The predicted octanol–water partition coefficient (Wildman–Crippen LogP) is -0.216. The van der Waals surface area contributed by atoms with E-state index < -0.39 is 107 Å². The highest BCUT2D eigenvalue weighted by Crippen LogP contribution is 2.15. The van der Waals surface area contributed by atoms with Gasteiger partial charge in [0.2, 0.25) is 47.3 Å². The fourth-order valence-corrected chi connectivity index (χ4v) is 6.87. The Labute approximate surface area is 388 Å². The fraction of sp³-hybridized carbons (Fsp3) is 0.822. The van der Waals surface area contributed by atoms with Crippen LogP contribution in [-0.2, 0) is 38.4 Å². The molecule has 0 saturated carbocycles. The summed E-state index contributed by atoms with van der Waals surface area (Å²) in [5.41, 5.74) is 28.8. The van der Waals surface area contributed by atoms with Gasteiger partial charge >= 0.3 is 0 Å². The summed E-state index contributed by atoms with van der Waals surface area (Å²) in [5.74, 6) is -6.29. The Balaban J connectivity index is 6.36. The highest BCUT2D eigenvalue weighted by atomic mass is 16.2. The Morgan fingerprint density at radius 3 is 1.03 bits per heavy atom. The van der Waals surface area contributed by atoms with E-state index in [1.807, 2.05) is 34.6 Å². The molecule has 0 rings (SSSR count). The average Bonchev–Trinajstić information content (AvgIpc) is 3.28. The fourth-order valence-electron chi connectivity index (χ4n) is 6.87. The van der Waals surface area contributed by atoms with E-state index in [1.54, 1.807) is 20.8 Å². The van der Waals surface area contributed by atoms with E-state index in [4.69, 9.17) is 28.7 Å².